The van der Waals surface area contributed by atoms with Gasteiger partial charge >= 0.3 is 0 Å². The van der Waals surface area contributed by atoms with Crippen LogP contribution in [0.15, 0.2) is 83.4 Å². The molecule has 180 valence electrons. The van der Waals surface area contributed by atoms with Crippen LogP contribution in [0.25, 0.3) is 53.7 Å². The molecule has 0 radical (unpaired) electrons. The molecule has 3 heterocycles. The minimum absolute atomic E-state index is 0.0337. The number of rotatable bonds is 4. The van der Waals surface area contributed by atoms with Gasteiger partial charge in [-0.15, -0.1) is 11.3 Å². The van der Waals surface area contributed by atoms with E-state index in [1.807, 2.05) is 6.20 Å². The first-order valence-electron chi connectivity index (χ1n) is 12.7. The zero-order valence-electron chi connectivity index (χ0n) is 21.6. The normalized spacial score (nSPS) is 12.4. The Balaban J connectivity index is 1.48. The number of thiophene rings is 1. The SMILES string of the molecule is CC(C)Cc1ccc2cc(-c3cc4c(-c5cc(C(C)(C)C)c6ccccc6c5)nccc4s3)oc2c1. The minimum atomic E-state index is 0.0337. The molecule has 0 spiro atoms. The molecule has 0 saturated carbocycles. The van der Waals surface area contributed by atoms with Gasteiger partial charge in [0, 0.05) is 27.2 Å². The molecular weight excluding hydrogens is 458 g/mol. The topological polar surface area (TPSA) is 26.0 Å². The van der Waals surface area contributed by atoms with Crippen molar-refractivity contribution in [2.75, 3.05) is 0 Å². The van der Waals surface area contributed by atoms with E-state index >= 15 is 0 Å². The molecule has 0 aliphatic carbocycles. The van der Waals surface area contributed by atoms with E-state index in [4.69, 9.17) is 9.40 Å². The van der Waals surface area contributed by atoms with Crippen molar-refractivity contribution in [3.8, 4) is 21.9 Å². The predicted octanol–water partition coefficient (Wildman–Crippen LogP) is 10.0. The highest BCUT2D eigenvalue weighted by atomic mass is 32.1. The summed E-state index contributed by atoms with van der Waals surface area (Å²) in [6.45, 7) is 11.3. The van der Waals surface area contributed by atoms with Crippen LogP contribution < -0.4 is 0 Å². The first kappa shape index (κ1) is 23.0. The quantitative estimate of drug-likeness (QED) is 0.246. The van der Waals surface area contributed by atoms with E-state index in [0.29, 0.717) is 5.92 Å². The summed E-state index contributed by atoms with van der Waals surface area (Å²) in [6.07, 6.45) is 2.99. The highest BCUT2D eigenvalue weighted by Crippen LogP contribution is 2.41. The number of furan rings is 1. The Morgan fingerprint density at radius 3 is 2.50 bits per heavy atom. The first-order valence-corrected chi connectivity index (χ1v) is 13.5. The Kier molecular flexibility index (Phi) is 5.49. The molecule has 36 heavy (non-hydrogen) atoms. The van der Waals surface area contributed by atoms with E-state index in [1.54, 1.807) is 11.3 Å². The highest BCUT2D eigenvalue weighted by molar-refractivity contribution is 7.22. The van der Waals surface area contributed by atoms with Crippen LogP contribution in [0.4, 0.5) is 0 Å². The molecule has 0 amide bonds. The van der Waals surface area contributed by atoms with Gasteiger partial charge in [0.15, 0.2) is 0 Å². The number of hydrogen-bond acceptors (Lipinski definition) is 3. The summed E-state index contributed by atoms with van der Waals surface area (Å²) >= 11 is 1.77. The van der Waals surface area contributed by atoms with Gasteiger partial charge in [-0.05, 0) is 76.1 Å². The van der Waals surface area contributed by atoms with Crippen molar-refractivity contribution in [3.05, 3.63) is 90.1 Å². The zero-order valence-corrected chi connectivity index (χ0v) is 22.4. The summed E-state index contributed by atoms with van der Waals surface area (Å²) in [4.78, 5) is 6.01. The summed E-state index contributed by atoms with van der Waals surface area (Å²) in [5.74, 6) is 1.55. The minimum Gasteiger partial charge on any atom is -0.455 e. The van der Waals surface area contributed by atoms with Crippen molar-refractivity contribution in [1.29, 1.82) is 0 Å². The molecular formula is C33H31NOS. The number of nitrogens with zero attached hydrogens (tertiary/aromatic N) is 1. The maximum absolute atomic E-state index is 6.36. The largest absolute Gasteiger partial charge is 0.455 e. The molecule has 0 aliphatic rings. The van der Waals surface area contributed by atoms with E-state index in [0.717, 1.165) is 39.3 Å². The van der Waals surface area contributed by atoms with Crippen LogP contribution >= 0.6 is 11.3 Å². The Labute approximate surface area is 216 Å². The summed E-state index contributed by atoms with van der Waals surface area (Å²) in [6, 6.07) is 26.4. The van der Waals surface area contributed by atoms with Gasteiger partial charge in [-0.25, -0.2) is 0 Å². The van der Waals surface area contributed by atoms with Crippen LogP contribution in [0.5, 0.6) is 0 Å². The maximum Gasteiger partial charge on any atom is 0.145 e. The van der Waals surface area contributed by atoms with Gasteiger partial charge < -0.3 is 4.42 Å². The van der Waals surface area contributed by atoms with Crippen LogP contribution in [0, 0.1) is 5.92 Å². The first-order chi connectivity index (χ1) is 17.3. The molecule has 3 aromatic heterocycles. The Morgan fingerprint density at radius 1 is 0.861 bits per heavy atom. The molecule has 2 nitrogen and oxygen atoms in total. The van der Waals surface area contributed by atoms with Crippen LogP contribution in [0.3, 0.4) is 0 Å². The van der Waals surface area contributed by atoms with Gasteiger partial charge in [-0.1, -0.05) is 71.0 Å². The second-order valence-corrected chi connectivity index (χ2v) is 12.3. The van der Waals surface area contributed by atoms with Crippen LogP contribution in [0.2, 0.25) is 0 Å². The highest BCUT2D eigenvalue weighted by Gasteiger charge is 2.20. The average molecular weight is 490 g/mol. The molecule has 0 saturated heterocycles. The van der Waals surface area contributed by atoms with Crippen molar-refractivity contribution < 1.29 is 4.42 Å². The Morgan fingerprint density at radius 2 is 1.69 bits per heavy atom. The van der Waals surface area contributed by atoms with Crippen molar-refractivity contribution >= 4 is 43.2 Å². The molecule has 0 unspecified atom stereocenters. The van der Waals surface area contributed by atoms with Crippen molar-refractivity contribution in [1.82, 2.24) is 4.98 Å². The number of pyridine rings is 1. The van der Waals surface area contributed by atoms with Gasteiger partial charge in [0.2, 0.25) is 0 Å². The van der Waals surface area contributed by atoms with E-state index in [2.05, 4.69) is 107 Å². The van der Waals surface area contributed by atoms with Gasteiger partial charge in [0.1, 0.15) is 11.3 Å². The van der Waals surface area contributed by atoms with Gasteiger partial charge in [0.25, 0.3) is 0 Å². The zero-order chi connectivity index (χ0) is 25.0. The van der Waals surface area contributed by atoms with Gasteiger partial charge in [0.05, 0.1) is 10.6 Å². The summed E-state index contributed by atoms with van der Waals surface area (Å²) in [5, 5.41) is 4.89. The lowest BCUT2D eigenvalue weighted by molar-refractivity contribution is 0.596. The average Bonchev–Trinajstić information content (AvgIpc) is 3.46. The molecule has 0 bridgehead atoms. The van der Waals surface area contributed by atoms with Gasteiger partial charge in [-0.3, -0.25) is 4.98 Å². The maximum atomic E-state index is 6.36. The lowest BCUT2D eigenvalue weighted by Crippen LogP contribution is -2.12. The molecule has 6 aromatic rings. The molecule has 0 fully saturated rings. The lowest BCUT2D eigenvalue weighted by atomic mass is 9.82. The summed E-state index contributed by atoms with van der Waals surface area (Å²) in [7, 11) is 0. The van der Waals surface area contributed by atoms with Crippen LogP contribution in [-0.2, 0) is 11.8 Å². The van der Waals surface area contributed by atoms with Crippen LogP contribution in [-0.4, -0.2) is 4.98 Å². The second kappa shape index (κ2) is 8.60. The number of benzene rings is 3. The second-order valence-electron chi connectivity index (χ2n) is 11.3. The fraction of sp³-hybridized carbons (Fsp3) is 0.242. The van der Waals surface area contributed by atoms with E-state index in [9.17, 15) is 0 Å². The molecule has 0 aliphatic heterocycles. The molecule has 0 atom stereocenters. The fourth-order valence-electron chi connectivity index (χ4n) is 5.18. The van der Waals surface area contributed by atoms with Crippen molar-refractivity contribution in [2.24, 2.45) is 5.92 Å². The van der Waals surface area contributed by atoms with E-state index in [1.165, 1.54) is 32.0 Å². The monoisotopic (exact) mass is 489 g/mol. The third-order valence-corrected chi connectivity index (χ3v) is 7.97. The van der Waals surface area contributed by atoms with E-state index in [-0.39, 0.29) is 5.41 Å². The molecule has 3 aromatic carbocycles. The third-order valence-electron chi connectivity index (χ3n) is 6.86. The van der Waals surface area contributed by atoms with Crippen molar-refractivity contribution in [2.45, 2.75) is 46.5 Å². The fourth-order valence-corrected chi connectivity index (χ4v) is 6.19. The number of aromatic nitrogens is 1. The van der Waals surface area contributed by atoms with Crippen LogP contribution in [0.1, 0.15) is 45.7 Å². The van der Waals surface area contributed by atoms with Crippen molar-refractivity contribution in [3.63, 3.8) is 0 Å². The Bertz CT molecular complexity index is 1730. The number of fused-ring (bicyclic) bond motifs is 3. The lowest BCUT2D eigenvalue weighted by Gasteiger charge is -2.22. The third kappa shape index (κ3) is 4.12. The molecule has 0 N–H and O–H groups in total. The predicted molar refractivity (Wildman–Crippen MR) is 155 cm³/mol. The smallest absolute Gasteiger partial charge is 0.145 e. The van der Waals surface area contributed by atoms with E-state index < -0.39 is 0 Å². The standard InChI is InChI=1S/C33H31NOS/c1-20(2)14-21-10-11-23-18-29(35-28(23)15-21)31-19-26-30(36-31)12-13-34-32(26)24-16-22-8-6-7-9-25(22)27(17-24)33(3,4)5/h6-13,15-20H,14H2,1-5H3. The molecule has 6 rings (SSSR count). The summed E-state index contributed by atoms with van der Waals surface area (Å²) < 4.78 is 7.59. The molecule has 3 heteroatoms. The summed E-state index contributed by atoms with van der Waals surface area (Å²) in [5.41, 5.74) is 5.86. The van der Waals surface area contributed by atoms with Gasteiger partial charge in [-0.2, -0.15) is 0 Å². The number of hydrogen-bond donors (Lipinski definition) is 0. The Hall–Kier alpha value is -3.43.